The smallest absolute Gasteiger partial charge is 0.326 e. The molecule has 2 unspecified atom stereocenters. The summed E-state index contributed by atoms with van der Waals surface area (Å²) in [7, 11) is 0. The molecule has 10 heteroatoms. The lowest BCUT2D eigenvalue weighted by atomic mass is 10.2. The van der Waals surface area contributed by atoms with Crippen molar-refractivity contribution in [2.75, 3.05) is 0 Å². The van der Waals surface area contributed by atoms with E-state index in [9.17, 15) is 19.2 Å². The molecule has 0 aromatic carbocycles. The fourth-order valence-corrected chi connectivity index (χ4v) is 1.33. The highest BCUT2D eigenvalue weighted by Gasteiger charge is 2.25. The van der Waals surface area contributed by atoms with Crippen molar-refractivity contribution in [1.82, 2.24) is 10.6 Å². The molecule has 0 saturated heterocycles. The summed E-state index contributed by atoms with van der Waals surface area (Å²) in [6.07, 6.45) is -0.189. The molecular weight excluding hydrogens is 288 g/mol. The lowest BCUT2D eigenvalue weighted by molar-refractivity contribution is -0.146. The number of carboxylic acids is 4. The lowest BCUT2D eigenvalue weighted by Crippen LogP contribution is -2.46. The zero-order valence-electron chi connectivity index (χ0n) is 11.1. The van der Waals surface area contributed by atoms with Crippen molar-refractivity contribution in [2.45, 2.75) is 31.8 Å². The summed E-state index contributed by atoms with van der Waals surface area (Å²) < 4.78 is 0. The summed E-state index contributed by atoms with van der Waals surface area (Å²) in [5.41, 5.74) is 0. The van der Waals surface area contributed by atoms with Crippen LogP contribution in [0.4, 0.5) is 0 Å². The van der Waals surface area contributed by atoms with Crippen LogP contribution < -0.4 is 10.6 Å². The summed E-state index contributed by atoms with van der Waals surface area (Å²) in [5, 5.41) is 39.5. The van der Waals surface area contributed by atoms with Crippen LogP contribution in [0.25, 0.3) is 0 Å². The minimum absolute atomic E-state index is 0.0858. The van der Waals surface area contributed by atoms with E-state index in [0.717, 1.165) is 0 Å². The largest absolute Gasteiger partial charge is 0.481 e. The van der Waals surface area contributed by atoms with E-state index in [2.05, 4.69) is 10.6 Å². The molecule has 0 saturated carbocycles. The van der Waals surface area contributed by atoms with E-state index in [0.29, 0.717) is 0 Å². The van der Waals surface area contributed by atoms with E-state index in [4.69, 9.17) is 20.4 Å². The van der Waals surface area contributed by atoms with Gasteiger partial charge in [-0.2, -0.15) is 0 Å². The first kappa shape index (κ1) is 18.2. The number of carbonyl (C=O) groups is 4. The van der Waals surface area contributed by atoms with Crippen LogP contribution in [-0.2, 0) is 19.2 Å². The minimum Gasteiger partial charge on any atom is -0.481 e. The topological polar surface area (TPSA) is 173 Å². The molecule has 0 spiro atoms. The van der Waals surface area contributed by atoms with Gasteiger partial charge in [0.1, 0.15) is 12.1 Å². The molecule has 0 aromatic heterocycles. The maximum absolute atomic E-state index is 10.9. The molecule has 118 valence electrons. The van der Waals surface area contributed by atoms with E-state index in [1.165, 1.54) is 13.0 Å². The molecule has 0 radical (unpaired) electrons. The van der Waals surface area contributed by atoms with Crippen LogP contribution in [0.15, 0.2) is 11.9 Å². The Morgan fingerprint density at radius 3 is 1.38 bits per heavy atom. The van der Waals surface area contributed by atoms with Crippen LogP contribution in [0.1, 0.15) is 19.8 Å². The summed E-state index contributed by atoms with van der Waals surface area (Å²) in [4.78, 5) is 42.9. The Morgan fingerprint density at radius 2 is 1.19 bits per heavy atom. The zero-order valence-corrected chi connectivity index (χ0v) is 11.1. The third kappa shape index (κ3) is 7.40. The van der Waals surface area contributed by atoms with Crippen LogP contribution in [0.3, 0.4) is 0 Å². The van der Waals surface area contributed by atoms with Gasteiger partial charge in [0.25, 0.3) is 0 Å². The minimum atomic E-state index is -1.49. The molecule has 0 amide bonds. The normalized spacial score (nSPS) is 12.6. The third-order valence-corrected chi connectivity index (χ3v) is 2.30. The van der Waals surface area contributed by atoms with E-state index in [1.807, 2.05) is 0 Å². The van der Waals surface area contributed by atoms with Crippen molar-refractivity contribution < 1.29 is 39.6 Å². The maximum atomic E-state index is 10.9. The molecule has 10 nitrogen and oxygen atoms in total. The van der Waals surface area contributed by atoms with Crippen molar-refractivity contribution in [1.29, 1.82) is 0 Å². The molecular formula is C11H16N2O8. The zero-order chi connectivity index (χ0) is 16.6. The molecule has 2 atom stereocenters. The molecule has 0 fully saturated rings. The molecule has 0 rings (SSSR count). The van der Waals surface area contributed by atoms with Gasteiger partial charge in [0, 0.05) is 0 Å². The number of nitrogens with one attached hydrogen (secondary N) is 2. The summed E-state index contributed by atoms with van der Waals surface area (Å²) in [6, 6.07) is -2.97. The quantitative estimate of drug-likeness (QED) is 0.290. The number of hydrogen-bond acceptors (Lipinski definition) is 6. The van der Waals surface area contributed by atoms with Gasteiger partial charge in [-0.15, -0.1) is 0 Å². The van der Waals surface area contributed by atoms with E-state index < -0.39 is 48.8 Å². The van der Waals surface area contributed by atoms with Crippen molar-refractivity contribution in [2.24, 2.45) is 0 Å². The standard InChI is InChI=1S/C11H16N2O8/c1-2-7(12-5(10(18)19)3-8(14)15)13-6(11(20)21)4-9(16)17/h2,5-6,12-13H,3-4H2,1H3,(H,14,15)(H,16,17)(H,18,19)(H,20,21). The Hall–Kier alpha value is -2.78. The van der Waals surface area contributed by atoms with E-state index in [-0.39, 0.29) is 5.82 Å². The second-order valence-electron chi connectivity index (χ2n) is 3.97. The molecule has 21 heavy (non-hydrogen) atoms. The Morgan fingerprint density at radius 1 is 0.857 bits per heavy atom. The molecule has 0 aliphatic heterocycles. The average Bonchev–Trinajstić information content (AvgIpc) is 2.34. The highest BCUT2D eigenvalue weighted by molar-refractivity contribution is 5.81. The van der Waals surface area contributed by atoms with Gasteiger partial charge in [-0.05, 0) is 13.0 Å². The van der Waals surface area contributed by atoms with Gasteiger partial charge in [0.15, 0.2) is 0 Å². The van der Waals surface area contributed by atoms with Gasteiger partial charge < -0.3 is 31.1 Å². The van der Waals surface area contributed by atoms with Gasteiger partial charge in [-0.3, -0.25) is 9.59 Å². The van der Waals surface area contributed by atoms with E-state index in [1.54, 1.807) is 0 Å². The molecule has 0 bridgehead atoms. The van der Waals surface area contributed by atoms with Gasteiger partial charge in [0.05, 0.1) is 18.7 Å². The number of hydrogen-bond donors (Lipinski definition) is 6. The fourth-order valence-electron chi connectivity index (χ4n) is 1.33. The Bertz CT molecular complexity index is 421. The van der Waals surface area contributed by atoms with E-state index >= 15 is 0 Å². The summed E-state index contributed by atoms with van der Waals surface area (Å²) >= 11 is 0. The monoisotopic (exact) mass is 304 g/mol. The van der Waals surface area contributed by atoms with Crippen molar-refractivity contribution in [3.05, 3.63) is 11.9 Å². The second-order valence-corrected chi connectivity index (χ2v) is 3.97. The maximum Gasteiger partial charge on any atom is 0.326 e. The predicted octanol–water partition coefficient (Wildman–Crippen LogP) is -1.12. The Balaban J connectivity index is 4.90. The molecule has 0 heterocycles. The van der Waals surface area contributed by atoms with Crippen molar-refractivity contribution in [3.63, 3.8) is 0 Å². The molecule has 0 aliphatic rings. The first-order chi connectivity index (χ1) is 9.67. The SMILES string of the molecule is CC=C(NC(CC(=O)O)C(=O)O)NC(CC(=O)O)C(=O)O. The summed E-state index contributed by atoms with van der Waals surface area (Å²) in [5.74, 6) is -5.68. The number of carboxylic acid groups (broad SMARTS) is 4. The average molecular weight is 304 g/mol. The van der Waals surface area contributed by atoms with Crippen molar-refractivity contribution in [3.8, 4) is 0 Å². The van der Waals surface area contributed by atoms with Crippen LogP contribution in [0.2, 0.25) is 0 Å². The van der Waals surface area contributed by atoms with Gasteiger partial charge in [0.2, 0.25) is 0 Å². The molecule has 0 aromatic rings. The van der Waals surface area contributed by atoms with Gasteiger partial charge >= 0.3 is 23.9 Å². The molecule has 6 N–H and O–H groups in total. The number of aliphatic carboxylic acids is 4. The van der Waals surface area contributed by atoms with Crippen LogP contribution in [-0.4, -0.2) is 56.4 Å². The molecule has 0 aliphatic carbocycles. The predicted molar refractivity (Wildman–Crippen MR) is 67.4 cm³/mol. The highest BCUT2D eigenvalue weighted by atomic mass is 16.4. The first-order valence-corrected chi connectivity index (χ1v) is 5.76. The van der Waals surface area contributed by atoms with Crippen LogP contribution in [0, 0.1) is 0 Å². The second kappa shape index (κ2) is 8.40. The lowest BCUT2D eigenvalue weighted by Gasteiger charge is -2.21. The first-order valence-electron chi connectivity index (χ1n) is 5.76. The number of allylic oxidation sites excluding steroid dienone is 1. The Labute approximate surface area is 119 Å². The van der Waals surface area contributed by atoms with Crippen LogP contribution >= 0.6 is 0 Å². The van der Waals surface area contributed by atoms with Crippen molar-refractivity contribution >= 4 is 23.9 Å². The number of rotatable bonds is 10. The van der Waals surface area contributed by atoms with Gasteiger partial charge in [-0.1, -0.05) is 0 Å². The van der Waals surface area contributed by atoms with Gasteiger partial charge in [-0.25, -0.2) is 9.59 Å². The third-order valence-electron chi connectivity index (χ3n) is 2.30. The fraction of sp³-hybridized carbons (Fsp3) is 0.455. The summed E-state index contributed by atoms with van der Waals surface area (Å²) in [6.45, 7) is 1.44. The Kier molecular flexibility index (Phi) is 7.29. The highest BCUT2D eigenvalue weighted by Crippen LogP contribution is 2.01. The van der Waals surface area contributed by atoms with Crippen LogP contribution in [0.5, 0.6) is 0 Å².